The maximum Gasteiger partial charge on any atom is 0.257 e. The van der Waals surface area contributed by atoms with Crippen LogP contribution in [0, 0.1) is 11.8 Å². The smallest absolute Gasteiger partial charge is 0.257 e. The summed E-state index contributed by atoms with van der Waals surface area (Å²) in [5.41, 5.74) is 1.01. The lowest BCUT2D eigenvalue weighted by atomic mass is 10.1. The number of aromatic nitrogens is 3. The fourth-order valence-corrected chi connectivity index (χ4v) is 3.57. The number of rotatable bonds is 9. The third-order valence-electron chi connectivity index (χ3n) is 5.32. The molecule has 176 valence electrons. The average Bonchev–Trinajstić information content (AvgIpc) is 3.18. The molecule has 0 saturated heterocycles. The van der Waals surface area contributed by atoms with Crippen molar-refractivity contribution < 1.29 is 9.59 Å². The van der Waals surface area contributed by atoms with E-state index in [-0.39, 0.29) is 17.0 Å². The predicted molar refractivity (Wildman–Crippen MR) is 129 cm³/mol. The normalized spacial score (nSPS) is 12.3. The summed E-state index contributed by atoms with van der Waals surface area (Å²) < 4.78 is 1.74. The van der Waals surface area contributed by atoms with E-state index in [0.717, 1.165) is 17.5 Å². The van der Waals surface area contributed by atoms with E-state index in [9.17, 15) is 14.4 Å². The number of hydrogen-bond acceptors (Lipinski definition) is 4. The van der Waals surface area contributed by atoms with Crippen molar-refractivity contribution in [2.45, 2.75) is 53.6 Å². The van der Waals surface area contributed by atoms with Crippen molar-refractivity contribution >= 4 is 22.8 Å². The third kappa shape index (κ3) is 6.09. The summed E-state index contributed by atoms with van der Waals surface area (Å²) in [6.45, 7) is 11.0. The number of amides is 2. The summed E-state index contributed by atoms with van der Waals surface area (Å²) in [5, 5.41) is 5.64. The van der Waals surface area contributed by atoms with Crippen LogP contribution in [-0.2, 0) is 6.54 Å². The molecule has 2 heterocycles. The van der Waals surface area contributed by atoms with Gasteiger partial charge in [-0.3, -0.25) is 14.4 Å². The molecule has 8 heteroatoms. The second-order valence-electron chi connectivity index (χ2n) is 9.28. The molecule has 0 aliphatic carbocycles. The molecule has 0 unspecified atom stereocenters. The van der Waals surface area contributed by atoms with Crippen LogP contribution in [0.3, 0.4) is 0 Å². The number of fused-ring (bicyclic) bond motifs is 1. The Kier molecular flexibility index (Phi) is 7.68. The van der Waals surface area contributed by atoms with Crippen molar-refractivity contribution in [3.05, 3.63) is 63.8 Å². The first-order valence-corrected chi connectivity index (χ1v) is 11.4. The molecule has 0 radical (unpaired) electrons. The highest BCUT2D eigenvalue weighted by Crippen LogP contribution is 2.16. The number of hydrogen-bond donors (Lipinski definition) is 3. The van der Waals surface area contributed by atoms with Crippen LogP contribution in [-0.4, -0.2) is 32.9 Å². The number of nitrogens with zero attached hydrogens (tertiary/aromatic N) is 2. The molecule has 2 aromatic heterocycles. The molecular formula is C25H33N5O3. The molecule has 8 nitrogen and oxygen atoms in total. The van der Waals surface area contributed by atoms with E-state index < -0.39 is 23.3 Å². The van der Waals surface area contributed by atoms with Crippen LogP contribution in [0.4, 0.5) is 0 Å². The second-order valence-corrected chi connectivity index (χ2v) is 9.28. The zero-order valence-corrected chi connectivity index (χ0v) is 19.9. The first kappa shape index (κ1) is 24.2. The summed E-state index contributed by atoms with van der Waals surface area (Å²) in [7, 11) is 0. The van der Waals surface area contributed by atoms with Crippen molar-refractivity contribution in [1.29, 1.82) is 0 Å². The van der Waals surface area contributed by atoms with Gasteiger partial charge in [-0.2, -0.15) is 0 Å². The first-order valence-electron chi connectivity index (χ1n) is 11.4. The SMILES string of the molecule is CC(C)CCNC(=O)c1cn(CC(C)C)cc(C(=O)N[C@H](C)c2nc3ccccc3[nH]2)c1=O. The standard InChI is InChI=1S/C25H33N5O3/c1-15(2)10-11-26-24(32)18-13-30(12-16(3)4)14-19(22(18)31)25(33)27-17(5)23-28-20-8-6-7-9-21(20)29-23/h6-9,13-17H,10-12H2,1-5H3,(H,26,32)(H,27,33)(H,28,29)/t17-/m1/s1. The summed E-state index contributed by atoms with van der Waals surface area (Å²) in [4.78, 5) is 46.6. The lowest BCUT2D eigenvalue weighted by Crippen LogP contribution is -2.37. The number of benzene rings is 1. The third-order valence-corrected chi connectivity index (χ3v) is 5.32. The highest BCUT2D eigenvalue weighted by atomic mass is 16.2. The minimum atomic E-state index is -0.577. The molecule has 0 bridgehead atoms. The maximum atomic E-state index is 13.1. The van der Waals surface area contributed by atoms with E-state index in [0.29, 0.717) is 24.8 Å². The van der Waals surface area contributed by atoms with Gasteiger partial charge >= 0.3 is 0 Å². The Balaban J connectivity index is 1.86. The zero-order valence-electron chi connectivity index (χ0n) is 19.9. The van der Waals surface area contributed by atoms with Crippen LogP contribution >= 0.6 is 0 Å². The van der Waals surface area contributed by atoms with Gasteiger partial charge in [0.15, 0.2) is 0 Å². The highest BCUT2D eigenvalue weighted by Gasteiger charge is 2.22. The van der Waals surface area contributed by atoms with E-state index in [2.05, 4.69) is 34.4 Å². The number of nitrogens with one attached hydrogen (secondary N) is 3. The number of para-hydroxylation sites is 2. The molecule has 0 aliphatic heterocycles. The van der Waals surface area contributed by atoms with Crippen molar-refractivity contribution in [3.63, 3.8) is 0 Å². The molecule has 3 N–H and O–H groups in total. The molecule has 1 atom stereocenters. The number of imidazole rings is 1. The van der Waals surface area contributed by atoms with Gasteiger partial charge in [0.25, 0.3) is 11.8 Å². The first-order chi connectivity index (χ1) is 15.7. The van der Waals surface area contributed by atoms with Gasteiger partial charge in [-0.1, -0.05) is 39.8 Å². The van der Waals surface area contributed by atoms with Gasteiger partial charge in [-0.25, -0.2) is 4.98 Å². The van der Waals surface area contributed by atoms with Crippen molar-refractivity contribution in [3.8, 4) is 0 Å². The van der Waals surface area contributed by atoms with Crippen LogP contribution in [0.25, 0.3) is 11.0 Å². The minimum absolute atomic E-state index is 0.0246. The Labute approximate surface area is 193 Å². The zero-order chi connectivity index (χ0) is 24.1. The van der Waals surface area contributed by atoms with Crippen LogP contribution in [0.15, 0.2) is 41.5 Å². The molecule has 0 aliphatic rings. The van der Waals surface area contributed by atoms with E-state index in [1.807, 2.05) is 38.1 Å². The van der Waals surface area contributed by atoms with Crippen molar-refractivity contribution in [2.24, 2.45) is 11.8 Å². The number of pyridine rings is 1. The molecule has 0 fully saturated rings. The molecule has 3 aromatic rings. The Hall–Kier alpha value is -3.42. The van der Waals surface area contributed by atoms with Gasteiger partial charge in [-0.15, -0.1) is 0 Å². The van der Waals surface area contributed by atoms with E-state index >= 15 is 0 Å². The molecule has 0 spiro atoms. The molecule has 33 heavy (non-hydrogen) atoms. The number of aromatic amines is 1. The van der Waals surface area contributed by atoms with E-state index in [1.54, 1.807) is 11.5 Å². The van der Waals surface area contributed by atoms with Crippen LogP contribution in [0.2, 0.25) is 0 Å². The summed E-state index contributed by atoms with van der Waals surface area (Å²) >= 11 is 0. The lowest BCUT2D eigenvalue weighted by molar-refractivity contribution is 0.0936. The van der Waals surface area contributed by atoms with Crippen molar-refractivity contribution in [1.82, 2.24) is 25.2 Å². The topological polar surface area (TPSA) is 109 Å². The number of carbonyl (C=O) groups is 2. The quantitative estimate of drug-likeness (QED) is 0.461. The fraction of sp³-hybridized carbons (Fsp3) is 0.440. The largest absolute Gasteiger partial charge is 0.352 e. The summed E-state index contributed by atoms with van der Waals surface area (Å²) in [6, 6.07) is 7.14. The van der Waals surface area contributed by atoms with Crippen LogP contribution < -0.4 is 16.1 Å². The predicted octanol–water partition coefficient (Wildman–Crippen LogP) is 3.65. The summed E-state index contributed by atoms with van der Waals surface area (Å²) in [6.07, 6.45) is 3.86. The van der Waals surface area contributed by atoms with Gasteiger partial charge in [0, 0.05) is 25.5 Å². The summed E-state index contributed by atoms with van der Waals surface area (Å²) in [5.74, 6) is 0.296. The molecule has 3 rings (SSSR count). The van der Waals surface area contributed by atoms with Gasteiger partial charge in [0.1, 0.15) is 17.0 Å². The Morgan fingerprint density at radius 1 is 1.00 bits per heavy atom. The van der Waals surface area contributed by atoms with Gasteiger partial charge in [0.2, 0.25) is 5.43 Å². The molecular weight excluding hydrogens is 418 g/mol. The number of H-pyrrole nitrogens is 1. The van der Waals surface area contributed by atoms with Gasteiger partial charge in [0.05, 0.1) is 17.1 Å². The second kappa shape index (κ2) is 10.5. The number of carbonyl (C=O) groups excluding carboxylic acids is 2. The molecule has 0 saturated carbocycles. The monoisotopic (exact) mass is 451 g/mol. The van der Waals surface area contributed by atoms with Crippen molar-refractivity contribution in [2.75, 3.05) is 6.54 Å². The minimum Gasteiger partial charge on any atom is -0.352 e. The Morgan fingerprint density at radius 2 is 1.67 bits per heavy atom. The Morgan fingerprint density at radius 3 is 2.30 bits per heavy atom. The molecule has 1 aromatic carbocycles. The van der Waals surface area contributed by atoms with Crippen LogP contribution in [0.5, 0.6) is 0 Å². The Bertz CT molecular complexity index is 1160. The lowest BCUT2D eigenvalue weighted by Gasteiger charge is -2.16. The van der Waals surface area contributed by atoms with E-state index in [1.165, 1.54) is 12.4 Å². The van der Waals surface area contributed by atoms with Crippen LogP contribution in [0.1, 0.15) is 73.6 Å². The fourth-order valence-electron chi connectivity index (χ4n) is 3.57. The van der Waals surface area contributed by atoms with E-state index in [4.69, 9.17) is 0 Å². The highest BCUT2D eigenvalue weighted by molar-refractivity contribution is 5.99. The molecule has 2 amide bonds. The average molecular weight is 452 g/mol. The van der Waals surface area contributed by atoms with Gasteiger partial charge < -0.3 is 20.2 Å². The van der Waals surface area contributed by atoms with Gasteiger partial charge in [-0.05, 0) is 37.3 Å². The maximum absolute atomic E-state index is 13.1.